The number of H-pyrrole nitrogens is 1. The van der Waals surface area contributed by atoms with Crippen LogP contribution in [0, 0.1) is 13.8 Å². The maximum atomic E-state index is 5.97. The van der Waals surface area contributed by atoms with Crippen LogP contribution in [0.5, 0.6) is 0 Å². The molecule has 7 heterocycles. The highest BCUT2D eigenvalue weighted by Gasteiger charge is 2.44. The average Bonchev–Trinajstić information content (AvgIpc) is 3.27. The number of aryl methyl sites for hydroxylation is 2. The van der Waals surface area contributed by atoms with Crippen LogP contribution in [0.25, 0.3) is 11.4 Å². The smallest absolute Gasteiger partial charge is 0.163 e. The zero-order valence-corrected chi connectivity index (χ0v) is 20.4. The molecule has 3 aliphatic rings. The van der Waals surface area contributed by atoms with E-state index in [4.69, 9.17) is 16.6 Å². The van der Waals surface area contributed by atoms with Crippen molar-refractivity contribution in [2.24, 2.45) is 0 Å². The molecule has 0 aromatic carbocycles. The Balaban J connectivity index is 1.13. The quantitative estimate of drug-likeness (QED) is 0.419. The van der Waals surface area contributed by atoms with Gasteiger partial charge in [0.1, 0.15) is 11.6 Å². The second-order valence-electron chi connectivity index (χ2n) is 9.27. The van der Waals surface area contributed by atoms with E-state index in [0.717, 1.165) is 53.9 Å². The predicted octanol–water partition coefficient (Wildman–Crippen LogP) is 4.13. The van der Waals surface area contributed by atoms with Crippen molar-refractivity contribution in [1.82, 2.24) is 35.0 Å². The zero-order valence-electron chi connectivity index (χ0n) is 19.6. The van der Waals surface area contributed by atoms with Crippen molar-refractivity contribution in [3.05, 3.63) is 70.9 Å². The van der Waals surface area contributed by atoms with Crippen molar-refractivity contribution >= 4 is 29.1 Å². The summed E-state index contributed by atoms with van der Waals surface area (Å²) >= 11 is 5.97. The van der Waals surface area contributed by atoms with Crippen molar-refractivity contribution in [2.45, 2.75) is 38.9 Å². The van der Waals surface area contributed by atoms with Gasteiger partial charge in [-0.05, 0) is 44.5 Å². The molecule has 2 unspecified atom stereocenters. The number of nitrogens with one attached hydrogen (secondary N) is 2. The van der Waals surface area contributed by atoms with Crippen LogP contribution < -0.4 is 10.2 Å². The monoisotopic (exact) mass is 487 g/mol. The fraction of sp³-hybridized carbons (Fsp3) is 0.320. The molecule has 0 aliphatic carbocycles. The number of pyridine rings is 2. The molecule has 4 aromatic rings. The van der Waals surface area contributed by atoms with E-state index in [1.807, 2.05) is 44.3 Å². The summed E-state index contributed by atoms with van der Waals surface area (Å²) in [5.41, 5.74) is 3.81. The first-order valence-corrected chi connectivity index (χ1v) is 12.1. The number of fused-ring (bicyclic) bond motifs is 2. The number of piperazine rings is 1. The molecule has 3 fully saturated rings. The van der Waals surface area contributed by atoms with Crippen molar-refractivity contribution in [2.75, 3.05) is 23.3 Å². The standard InChI is InChI=1S/C25H26ClN9/c1-15-7-22(30-23-8-16(2)32-33-23)31-25(29-15)17-3-6-24(28-10-17)34-13-20-9-21(14-34)35(20)12-19-5-4-18(26)11-27-19/h3-8,10-11,20-21H,9,12-14H2,1-2H3,(H2,29,30,31,32,33). The van der Waals surface area contributed by atoms with Gasteiger partial charge in [0.25, 0.3) is 0 Å². The topological polar surface area (TPSA) is 98.8 Å². The highest BCUT2D eigenvalue weighted by molar-refractivity contribution is 6.30. The molecule has 0 amide bonds. The summed E-state index contributed by atoms with van der Waals surface area (Å²) in [5, 5.41) is 11.1. The fourth-order valence-corrected chi connectivity index (χ4v) is 5.01. The molecule has 3 aliphatic heterocycles. The van der Waals surface area contributed by atoms with Gasteiger partial charge in [-0.2, -0.15) is 5.10 Å². The lowest BCUT2D eigenvalue weighted by atomic mass is 9.87. The van der Waals surface area contributed by atoms with Gasteiger partial charge in [0, 0.05) is 73.2 Å². The molecule has 9 nitrogen and oxygen atoms in total. The third kappa shape index (κ3) is 4.56. The Morgan fingerprint density at radius 1 is 1.00 bits per heavy atom. The number of nitrogens with zero attached hydrogens (tertiary/aromatic N) is 7. The van der Waals surface area contributed by atoms with E-state index >= 15 is 0 Å². The van der Waals surface area contributed by atoms with Gasteiger partial charge < -0.3 is 10.2 Å². The van der Waals surface area contributed by atoms with Gasteiger partial charge in [-0.1, -0.05) is 11.6 Å². The van der Waals surface area contributed by atoms with Gasteiger partial charge >= 0.3 is 0 Å². The highest BCUT2D eigenvalue weighted by atomic mass is 35.5. The van der Waals surface area contributed by atoms with Crippen LogP contribution in [0.2, 0.25) is 5.02 Å². The molecule has 0 radical (unpaired) electrons. The van der Waals surface area contributed by atoms with Gasteiger partial charge in [0.05, 0.1) is 10.7 Å². The van der Waals surface area contributed by atoms with Crippen LogP contribution in [0.3, 0.4) is 0 Å². The van der Waals surface area contributed by atoms with E-state index in [1.54, 1.807) is 6.20 Å². The number of hydrogen-bond donors (Lipinski definition) is 2. The van der Waals surface area contributed by atoms with Gasteiger partial charge in [-0.25, -0.2) is 15.0 Å². The number of aromatic nitrogens is 6. The Morgan fingerprint density at radius 3 is 2.54 bits per heavy atom. The number of aromatic amines is 1. The predicted molar refractivity (Wildman–Crippen MR) is 136 cm³/mol. The first kappa shape index (κ1) is 21.9. The average molecular weight is 488 g/mol. The van der Waals surface area contributed by atoms with Crippen LogP contribution >= 0.6 is 11.6 Å². The Hall–Kier alpha value is -3.56. The molecule has 2 N–H and O–H groups in total. The van der Waals surface area contributed by atoms with Gasteiger partial charge in [-0.3, -0.25) is 15.0 Å². The molecule has 3 saturated heterocycles. The van der Waals surface area contributed by atoms with Crippen LogP contribution in [-0.4, -0.2) is 60.2 Å². The molecule has 2 atom stereocenters. The van der Waals surface area contributed by atoms with Gasteiger partial charge in [0.15, 0.2) is 11.6 Å². The molecule has 0 spiro atoms. The minimum absolute atomic E-state index is 0.520. The molecular formula is C25H26ClN9. The van der Waals surface area contributed by atoms with E-state index < -0.39 is 0 Å². The first-order valence-electron chi connectivity index (χ1n) is 11.7. The van der Waals surface area contributed by atoms with Crippen LogP contribution in [0.4, 0.5) is 17.5 Å². The molecule has 35 heavy (non-hydrogen) atoms. The third-order valence-corrected chi connectivity index (χ3v) is 6.85. The summed E-state index contributed by atoms with van der Waals surface area (Å²) in [7, 11) is 0. The second kappa shape index (κ2) is 8.90. The van der Waals surface area contributed by atoms with Crippen molar-refractivity contribution in [3.8, 4) is 11.4 Å². The lowest BCUT2D eigenvalue weighted by Crippen LogP contribution is -2.68. The number of anilines is 3. The molecule has 0 saturated carbocycles. The maximum absolute atomic E-state index is 5.97. The van der Waals surface area contributed by atoms with Crippen molar-refractivity contribution in [1.29, 1.82) is 0 Å². The number of hydrogen-bond acceptors (Lipinski definition) is 8. The molecule has 2 bridgehead atoms. The van der Waals surface area contributed by atoms with Gasteiger partial charge in [0.2, 0.25) is 0 Å². The van der Waals surface area contributed by atoms with E-state index in [-0.39, 0.29) is 0 Å². The lowest BCUT2D eigenvalue weighted by molar-refractivity contribution is -0.00967. The summed E-state index contributed by atoms with van der Waals surface area (Å²) < 4.78 is 0. The molecule has 4 aromatic heterocycles. The Kier molecular flexibility index (Phi) is 5.58. The van der Waals surface area contributed by atoms with Crippen LogP contribution in [0.15, 0.2) is 48.8 Å². The van der Waals surface area contributed by atoms with E-state index in [2.05, 4.69) is 52.4 Å². The second-order valence-corrected chi connectivity index (χ2v) is 9.71. The minimum atomic E-state index is 0.520. The summed E-state index contributed by atoms with van der Waals surface area (Å²) in [6.45, 7) is 6.72. The first-order chi connectivity index (χ1) is 17.0. The molecule has 7 rings (SSSR count). The van der Waals surface area contributed by atoms with E-state index in [1.165, 1.54) is 6.42 Å². The van der Waals surface area contributed by atoms with Gasteiger partial charge in [-0.15, -0.1) is 0 Å². The number of rotatable bonds is 6. The van der Waals surface area contributed by atoms with Crippen LogP contribution in [-0.2, 0) is 6.54 Å². The maximum Gasteiger partial charge on any atom is 0.163 e. The molecular weight excluding hydrogens is 462 g/mol. The third-order valence-electron chi connectivity index (χ3n) is 6.62. The van der Waals surface area contributed by atoms with E-state index in [9.17, 15) is 0 Å². The zero-order chi connectivity index (χ0) is 23.9. The Labute approximate surface area is 208 Å². The minimum Gasteiger partial charge on any atom is -0.353 e. The highest BCUT2D eigenvalue weighted by Crippen LogP contribution is 2.35. The summed E-state index contributed by atoms with van der Waals surface area (Å²) in [6, 6.07) is 12.9. The number of halogens is 1. The normalized spacial score (nSPS) is 19.5. The summed E-state index contributed by atoms with van der Waals surface area (Å²) in [5.74, 6) is 3.06. The van der Waals surface area contributed by atoms with Crippen LogP contribution in [0.1, 0.15) is 23.5 Å². The van der Waals surface area contributed by atoms with Crippen molar-refractivity contribution in [3.63, 3.8) is 0 Å². The lowest BCUT2D eigenvalue weighted by Gasteiger charge is -2.56. The Bertz CT molecular complexity index is 1320. The molecule has 178 valence electrons. The summed E-state index contributed by atoms with van der Waals surface area (Å²) in [6.07, 6.45) is 4.81. The van der Waals surface area contributed by atoms with Crippen molar-refractivity contribution < 1.29 is 0 Å². The number of piperidine rings is 1. The summed E-state index contributed by atoms with van der Waals surface area (Å²) in [4.78, 5) is 23.4. The largest absolute Gasteiger partial charge is 0.353 e. The SMILES string of the molecule is Cc1cc(Nc2cc(C)[nH]n2)nc(-c2ccc(N3CC4CC(C3)N4Cc3ccc(Cl)cn3)nc2)n1. The molecule has 10 heteroatoms. The Morgan fingerprint density at radius 2 is 1.86 bits per heavy atom. The fourth-order valence-electron chi connectivity index (χ4n) is 4.90. The van der Waals surface area contributed by atoms with E-state index in [0.29, 0.717) is 28.7 Å².